The van der Waals surface area contributed by atoms with Crippen LogP contribution in [0, 0.1) is 19.8 Å². The molecule has 0 fully saturated rings. The van der Waals surface area contributed by atoms with Gasteiger partial charge in [0.2, 0.25) is 0 Å². The fourth-order valence-corrected chi connectivity index (χ4v) is 1.81. The average molecular weight is 237 g/mol. The van der Waals surface area contributed by atoms with Gasteiger partial charge in [0.1, 0.15) is 11.5 Å². The van der Waals surface area contributed by atoms with Crippen LogP contribution in [-0.4, -0.2) is 11.9 Å². The molecule has 0 spiro atoms. The molecule has 1 aromatic rings. The molecule has 0 aliphatic heterocycles. The molecule has 1 unspecified atom stereocenters. The lowest BCUT2D eigenvalue weighted by molar-refractivity contribution is 0.0935. The zero-order valence-electron chi connectivity index (χ0n) is 11.5. The van der Waals surface area contributed by atoms with Crippen LogP contribution in [0.2, 0.25) is 0 Å². The molecule has 0 saturated heterocycles. The molecule has 0 bridgehead atoms. The van der Waals surface area contributed by atoms with Gasteiger partial charge in [0.25, 0.3) is 5.91 Å². The molecular weight excluding hydrogens is 214 g/mol. The number of nitrogens with one attached hydrogen (secondary N) is 1. The van der Waals surface area contributed by atoms with E-state index in [2.05, 4.69) is 19.2 Å². The van der Waals surface area contributed by atoms with Crippen molar-refractivity contribution < 1.29 is 9.21 Å². The third-order valence-electron chi connectivity index (χ3n) is 2.84. The van der Waals surface area contributed by atoms with Crippen molar-refractivity contribution in [1.29, 1.82) is 0 Å². The molecule has 3 heteroatoms. The van der Waals surface area contributed by atoms with Gasteiger partial charge in [0.15, 0.2) is 0 Å². The third kappa shape index (κ3) is 4.25. The lowest BCUT2D eigenvalue weighted by Gasteiger charge is -2.14. The predicted octanol–water partition coefficient (Wildman–Crippen LogP) is 3.45. The summed E-state index contributed by atoms with van der Waals surface area (Å²) < 4.78 is 5.35. The van der Waals surface area contributed by atoms with E-state index >= 15 is 0 Å². The highest BCUT2D eigenvalue weighted by molar-refractivity contribution is 5.95. The van der Waals surface area contributed by atoms with Crippen molar-refractivity contribution in [2.75, 3.05) is 0 Å². The number of hydrogen-bond acceptors (Lipinski definition) is 2. The maximum Gasteiger partial charge on any atom is 0.255 e. The minimum absolute atomic E-state index is 0.0318. The lowest BCUT2D eigenvalue weighted by atomic mass is 10.0. The molecule has 1 aromatic heterocycles. The summed E-state index contributed by atoms with van der Waals surface area (Å²) in [6, 6.07) is 2.00. The Morgan fingerprint density at radius 1 is 1.29 bits per heavy atom. The number of rotatable bonds is 5. The molecule has 0 saturated carbocycles. The summed E-state index contributed by atoms with van der Waals surface area (Å²) in [6.45, 7) is 10.1. The van der Waals surface area contributed by atoms with Crippen LogP contribution in [-0.2, 0) is 0 Å². The van der Waals surface area contributed by atoms with Crippen molar-refractivity contribution >= 4 is 5.91 Å². The van der Waals surface area contributed by atoms with Gasteiger partial charge in [-0.3, -0.25) is 4.79 Å². The SMILES string of the molecule is Cc1cc(C(=O)NC(C)CCC(C)C)c(C)o1. The monoisotopic (exact) mass is 237 g/mol. The van der Waals surface area contributed by atoms with Gasteiger partial charge in [-0.25, -0.2) is 0 Å². The summed E-state index contributed by atoms with van der Waals surface area (Å²) in [7, 11) is 0. The Labute approximate surface area is 104 Å². The van der Waals surface area contributed by atoms with Crippen molar-refractivity contribution in [2.24, 2.45) is 5.92 Å². The van der Waals surface area contributed by atoms with Crippen LogP contribution in [0.5, 0.6) is 0 Å². The number of amides is 1. The summed E-state index contributed by atoms with van der Waals surface area (Å²) in [5, 5.41) is 3.01. The van der Waals surface area contributed by atoms with E-state index in [1.165, 1.54) is 0 Å². The molecular formula is C14H23NO2. The summed E-state index contributed by atoms with van der Waals surface area (Å²) in [4.78, 5) is 12.0. The second-order valence-electron chi connectivity index (χ2n) is 5.17. The van der Waals surface area contributed by atoms with Gasteiger partial charge in [0.05, 0.1) is 5.56 Å². The first-order valence-corrected chi connectivity index (χ1v) is 6.28. The topological polar surface area (TPSA) is 42.2 Å². The Hall–Kier alpha value is -1.25. The summed E-state index contributed by atoms with van der Waals surface area (Å²) in [5.41, 5.74) is 0.652. The van der Waals surface area contributed by atoms with E-state index < -0.39 is 0 Å². The minimum Gasteiger partial charge on any atom is -0.466 e. The number of hydrogen-bond donors (Lipinski definition) is 1. The zero-order chi connectivity index (χ0) is 13.0. The molecule has 1 atom stereocenters. The van der Waals surface area contributed by atoms with Crippen molar-refractivity contribution in [3.05, 3.63) is 23.2 Å². The first kappa shape index (κ1) is 13.8. The van der Waals surface area contributed by atoms with Gasteiger partial charge in [0, 0.05) is 6.04 Å². The van der Waals surface area contributed by atoms with Gasteiger partial charge in [-0.2, -0.15) is 0 Å². The standard InChI is InChI=1S/C14H23NO2/c1-9(2)6-7-10(3)15-14(16)13-8-11(4)17-12(13)5/h8-10H,6-7H2,1-5H3,(H,15,16). The second-order valence-corrected chi connectivity index (χ2v) is 5.17. The van der Waals surface area contributed by atoms with Crippen molar-refractivity contribution in [2.45, 2.75) is 53.5 Å². The van der Waals surface area contributed by atoms with E-state index in [1.807, 2.05) is 20.8 Å². The van der Waals surface area contributed by atoms with Gasteiger partial charge in [-0.15, -0.1) is 0 Å². The van der Waals surface area contributed by atoms with E-state index in [1.54, 1.807) is 6.07 Å². The first-order valence-electron chi connectivity index (χ1n) is 6.28. The van der Waals surface area contributed by atoms with Crippen LogP contribution in [0.1, 0.15) is 55.5 Å². The smallest absolute Gasteiger partial charge is 0.255 e. The Morgan fingerprint density at radius 2 is 1.94 bits per heavy atom. The van der Waals surface area contributed by atoms with E-state index in [-0.39, 0.29) is 11.9 Å². The Balaban J connectivity index is 2.51. The Morgan fingerprint density at radius 3 is 2.41 bits per heavy atom. The number of carbonyl (C=O) groups excluding carboxylic acids is 1. The van der Waals surface area contributed by atoms with Gasteiger partial charge >= 0.3 is 0 Å². The molecule has 1 rings (SSSR count). The van der Waals surface area contributed by atoms with E-state index in [0.717, 1.165) is 18.6 Å². The number of furan rings is 1. The molecule has 0 radical (unpaired) electrons. The quantitative estimate of drug-likeness (QED) is 0.852. The maximum atomic E-state index is 12.0. The number of carbonyl (C=O) groups is 1. The Bertz CT molecular complexity index is 380. The van der Waals surface area contributed by atoms with Gasteiger partial charge < -0.3 is 9.73 Å². The first-order chi connectivity index (χ1) is 7.90. The van der Waals surface area contributed by atoms with Crippen molar-refractivity contribution in [1.82, 2.24) is 5.32 Å². The van der Waals surface area contributed by atoms with E-state index in [0.29, 0.717) is 17.2 Å². The summed E-state index contributed by atoms with van der Waals surface area (Å²) >= 11 is 0. The number of aryl methyl sites for hydroxylation is 2. The Kier molecular flexibility index (Phi) is 4.79. The summed E-state index contributed by atoms with van der Waals surface area (Å²) in [5.74, 6) is 2.11. The molecule has 96 valence electrons. The zero-order valence-corrected chi connectivity index (χ0v) is 11.5. The molecule has 0 aliphatic rings. The van der Waals surface area contributed by atoms with Crippen LogP contribution in [0.4, 0.5) is 0 Å². The molecule has 3 nitrogen and oxygen atoms in total. The lowest BCUT2D eigenvalue weighted by Crippen LogP contribution is -2.32. The largest absolute Gasteiger partial charge is 0.466 e. The highest BCUT2D eigenvalue weighted by Gasteiger charge is 2.15. The third-order valence-corrected chi connectivity index (χ3v) is 2.84. The highest BCUT2D eigenvalue weighted by Crippen LogP contribution is 2.14. The van der Waals surface area contributed by atoms with E-state index in [4.69, 9.17) is 4.42 Å². The predicted molar refractivity (Wildman–Crippen MR) is 69.2 cm³/mol. The van der Waals surface area contributed by atoms with Crippen LogP contribution in [0.15, 0.2) is 10.5 Å². The second kappa shape index (κ2) is 5.89. The van der Waals surface area contributed by atoms with Gasteiger partial charge in [-0.05, 0) is 45.6 Å². The maximum absolute atomic E-state index is 12.0. The highest BCUT2D eigenvalue weighted by atomic mass is 16.3. The van der Waals surface area contributed by atoms with Crippen molar-refractivity contribution in [3.8, 4) is 0 Å². The van der Waals surface area contributed by atoms with Crippen LogP contribution < -0.4 is 5.32 Å². The fraction of sp³-hybridized carbons (Fsp3) is 0.643. The summed E-state index contributed by atoms with van der Waals surface area (Å²) in [6.07, 6.45) is 2.14. The van der Waals surface area contributed by atoms with Crippen LogP contribution >= 0.6 is 0 Å². The fourth-order valence-electron chi connectivity index (χ4n) is 1.81. The van der Waals surface area contributed by atoms with Crippen molar-refractivity contribution in [3.63, 3.8) is 0 Å². The van der Waals surface area contributed by atoms with Crippen LogP contribution in [0.3, 0.4) is 0 Å². The van der Waals surface area contributed by atoms with Crippen LogP contribution in [0.25, 0.3) is 0 Å². The minimum atomic E-state index is -0.0318. The normalized spacial score (nSPS) is 12.8. The molecule has 0 aromatic carbocycles. The average Bonchev–Trinajstić information content (AvgIpc) is 2.55. The molecule has 0 aliphatic carbocycles. The molecule has 1 heterocycles. The van der Waals surface area contributed by atoms with Gasteiger partial charge in [-0.1, -0.05) is 13.8 Å². The molecule has 1 N–H and O–H groups in total. The molecule has 1 amide bonds. The van der Waals surface area contributed by atoms with E-state index in [9.17, 15) is 4.79 Å². The molecule has 17 heavy (non-hydrogen) atoms.